The van der Waals surface area contributed by atoms with E-state index in [0.717, 1.165) is 5.56 Å². The Hall–Kier alpha value is -3.77. The van der Waals surface area contributed by atoms with E-state index in [1.807, 2.05) is 6.07 Å². The highest BCUT2D eigenvalue weighted by molar-refractivity contribution is 6.31. The Morgan fingerprint density at radius 2 is 1.77 bits per heavy atom. The predicted molar refractivity (Wildman–Crippen MR) is 149 cm³/mol. The van der Waals surface area contributed by atoms with Crippen molar-refractivity contribution in [3.05, 3.63) is 81.0 Å². The van der Waals surface area contributed by atoms with Crippen molar-refractivity contribution in [1.82, 2.24) is 15.1 Å². The molecule has 214 valence electrons. The lowest BCUT2D eigenvalue weighted by Gasteiger charge is -2.30. The molecular weight excluding hydrogens is 570 g/mol. The largest absolute Gasteiger partial charge is 0.400 e. The maximum atomic E-state index is 13.0. The number of halogens is 5. The second-order valence-corrected chi connectivity index (χ2v) is 9.74. The Kier molecular flexibility index (Phi) is 10.4. The maximum absolute atomic E-state index is 13.0. The van der Waals surface area contributed by atoms with Crippen LogP contribution in [0.4, 0.5) is 22.8 Å². The summed E-state index contributed by atoms with van der Waals surface area (Å²) in [6.07, 6.45) is -5.56. The van der Waals surface area contributed by atoms with Crippen LogP contribution in [-0.2, 0) is 6.54 Å². The highest BCUT2D eigenvalue weighted by Gasteiger charge is 2.31. The molecule has 14 heteroatoms. The fourth-order valence-corrected chi connectivity index (χ4v) is 4.24. The summed E-state index contributed by atoms with van der Waals surface area (Å²) in [6.45, 7) is -0.447. The number of hydrogen-bond donors (Lipinski definition) is 4. The van der Waals surface area contributed by atoms with E-state index in [2.05, 4.69) is 10.3 Å². The van der Waals surface area contributed by atoms with Gasteiger partial charge in [0.2, 0.25) is 0 Å². The first-order valence-corrected chi connectivity index (χ1v) is 12.9. The van der Waals surface area contributed by atoms with Crippen molar-refractivity contribution < 1.29 is 22.8 Å². The van der Waals surface area contributed by atoms with Crippen molar-refractivity contribution >= 4 is 46.8 Å². The molecule has 40 heavy (non-hydrogen) atoms. The number of alkyl halides is 3. The van der Waals surface area contributed by atoms with Crippen molar-refractivity contribution in [2.24, 2.45) is 16.5 Å². The number of primary amides is 1. The summed E-state index contributed by atoms with van der Waals surface area (Å²) in [5.74, 6) is -0.429. The molecule has 1 saturated heterocycles. The summed E-state index contributed by atoms with van der Waals surface area (Å²) < 4.78 is 38.9. The summed E-state index contributed by atoms with van der Waals surface area (Å²) in [4.78, 5) is 31.5. The van der Waals surface area contributed by atoms with Gasteiger partial charge in [-0.05, 0) is 47.9 Å². The quantitative estimate of drug-likeness (QED) is 0.266. The van der Waals surface area contributed by atoms with Gasteiger partial charge in [-0.1, -0.05) is 41.4 Å². The van der Waals surface area contributed by atoms with Crippen LogP contribution in [0.5, 0.6) is 0 Å². The van der Waals surface area contributed by atoms with E-state index in [1.54, 1.807) is 18.2 Å². The predicted octanol–water partition coefficient (Wildman–Crippen LogP) is 4.92. The van der Waals surface area contributed by atoms with Crippen molar-refractivity contribution in [2.75, 3.05) is 26.2 Å². The molecule has 0 spiro atoms. The molecular formula is C26H28Cl2F3N7O2. The third kappa shape index (κ3) is 8.62. The van der Waals surface area contributed by atoms with E-state index in [0.29, 0.717) is 32.7 Å². The van der Waals surface area contributed by atoms with Gasteiger partial charge in [0, 0.05) is 34.4 Å². The number of piperidine rings is 1. The van der Waals surface area contributed by atoms with Crippen LogP contribution in [0.15, 0.2) is 64.8 Å². The third-order valence-corrected chi connectivity index (χ3v) is 6.72. The van der Waals surface area contributed by atoms with Gasteiger partial charge in [0.25, 0.3) is 0 Å². The van der Waals surface area contributed by atoms with Gasteiger partial charge in [-0.15, -0.1) is 0 Å². The summed E-state index contributed by atoms with van der Waals surface area (Å²) >= 11 is 12.1. The fraction of sp³-hybridized carbons (Fsp3) is 0.308. The molecule has 0 aliphatic carbocycles. The molecule has 0 saturated carbocycles. The van der Waals surface area contributed by atoms with Crippen molar-refractivity contribution in [3.8, 4) is 0 Å². The van der Waals surface area contributed by atoms with Gasteiger partial charge in [-0.2, -0.15) is 13.2 Å². The van der Waals surface area contributed by atoms with E-state index in [4.69, 9.17) is 40.1 Å². The lowest BCUT2D eigenvalue weighted by Crippen LogP contribution is -2.47. The average Bonchev–Trinajstić information content (AvgIpc) is 2.90. The van der Waals surface area contributed by atoms with Gasteiger partial charge in [-0.25, -0.2) is 9.59 Å². The molecule has 0 bridgehead atoms. The summed E-state index contributed by atoms with van der Waals surface area (Å²) in [5.41, 5.74) is 14.0. The zero-order valence-electron chi connectivity index (χ0n) is 21.3. The van der Waals surface area contributed by atoms with Crippen LogP contribution in [0.1, 0.15) is 24.0 Å². The van der Waals surface area contributed by atoms with Crippen LogP contribution in [0.3, 0.4) is 0 Å². The monoisotopic (exact) mass is 597 g/mol. The molecule has 1 fully saturated rings. The Bertz CT molecular complexity index is 1310. The van der Waals surface area contributed by atoms with Crippen LogP contribution in [0.25, 0.3) is 0 Å². The van der Waals surface area contributed by atoms with Crippen LogP contribution in [-0.4, -0.2) is 65.8 Å². The Balaban J connectivity index is 1.80. The molecule has 1 aliphatic rings. The standard InChI is InChI=1S/C26H28Cl2F3N7O2/c27-18-7-5-16(6-8-18)23(33)38(12-10-26(29,30)31)25(40)36-14-21(32)19-9-11-37(24(34)39)15-22(19)35-13-17-3-1-2-4-20(17)28/h1-8,33H,9-15,32H2,(H2,34,39)(H,36,40)/b21-19-,33-23?,35-22?. The average molecular weight is 598 g/mol. The van der Waals surface area contributed by atoms with E-state index in [9.17, 15) is 22.8 Å². The number of carbonyl (C=O) groups excluding carboxylic acids is 2. The first-order chi connectivity index (χ1) is 18.9. The molecule has 0 atom stereocenters. The molecule has 3 rings (SSSR count). The highest BCUT2D eigenvalue weighted by Crippen LogP contribution is 2.22. The topological polar surface area (TPSA) is 141 Å². The Morgan fingerprint density at radius 1 is 1.10 bits per heavy atom. The molecule has 0 aromatic heterocycles. The number of rotatable bonds is 7. The van der Waals surface area contributed by atoms with Crippen LogP contribution < -0.4 is 16.8 Å². The minimum absolute atomic E-state index is 0.0860. The van der Waals surface area contributed by atoms with Crippen molar-refractivity contribution in [1.29, 1.82) is 5.41 Å². The second kappa shape index (κ2) is 13.5. The van der Waals surface area contributed by atoms with Crippen molar-refractivity contribution in [3.63, 3.8) is 0 Å². The first-order valence-electron chi connectivity index (χ1n) is 12.1. The van der Waals surface area contributed by atoms with Gasteiger partial charge >= 0.3 is 18.2 Å². The number of likely N-dealkylation sites (tertiary alicyclic amines) is 1. The van der Waals surface area contributed by atoms with Gasteiger partial charge in [-0.3, -0.25) is 15.3 Å². The number of urea groups is 2. The minimum atomic E-state index is -4.54. The summed E-state index contributed by atoms with van der Waals surface area (Å²) in [5, 5.41) is 11.7. The maximum Gasteiger partial charge on any atom is 0.390 e. The van der Waals surface area contributed by atoms with Crippen LogP contribution >= 0.6 is 23.2 Å². The number of carbonyl (C=O) groups is 2. The fourth-order valence-electron chi connectivity index (χ4n) is 3.92. The molecule has 2 aromatic carbocycles. The number of aliphatic imine (C=N–C) groups is 1. The molecule has 0 radical (unpaired) electrons. The van der Waals surface area contributed by atoms with E-state index < -0.39 is 37.0 Å². The number of amidine groups is 1. The highest BCUT2D eigenvalue weighted by atomic mass is 35.5. The Morgan fingerprint density at radius 3 is 2.40 bits per heavy atom. The molecule has 4 amide bonds. The number of nitrogens with two attached hydrogens (primary N) is 2. The lowest BCUT2D eigenvalue weighted by molar-refractivity contribution is -0.135. The number of hydrogen-bond acceptors (Lipinski definition) is 5. The minimum Gasteiger partial charge on any atom is -0.400 e. The molecule has 2 aromatic rings. The van der Waals surface area contributed by atoms with E-state index in [1.165, 1.54) is 29.2 Å². The van der Waals surface area contributed by atoms with Crippen LogP contribution in [0.2, 0.25) is 10.0 Å². The normalized spacial score (nSPS) is 16.0. The molecule has 6 N–H and O–H groups in total. The van der Waals surface area contributed by atoms with Gasteiger partial charge < -0.3 is 21.7 Å². The Labute approximate surface area is 239 Å². The van der Waals surface area contributed by atoms with E-state index >= 15 is 0 Å². The molecule has 1 aliphatic heterocycles. The molecule has 1 heterocycles. The molecule has 0 unspecified atom stereocenters. The summed E-state index contributed by atoms with van der Waals surface area (Å²) in [6, 6.07) is 11.4. The summed E-state index contributed by atoms with van der Waals surface area (Å²) in [7, 11) is 0. The molecule has 9 nitrogen and oxygen atoms in total. The number of nitrogens with one attached hydrogen (secondary N) is 2. The van der Waals surface area contributed by atoms with Crippen LogP contribution in [0, 0.1) is 5.41 Å². The van der Waals surface area contributed by atoms with Gasteiger partial charge in [0.05, 0.1) is 31.8 Å². The zero-order valence-corrected chi connectivity index (χ0v) is 22.8. The second-order valence-electron chi connectivity index (χ2n) is 8.90. The SMILES string of the molecule is N=C(c1ccc(Cl)cc1)N(CCC(F)(F)F)C(=O)NC/C(N)=C1\CCN(C(N)=O)CC1=NCc1ccccc1Cl. The van der Waals surface area contributed by atoms with Gasteiger partial charge in [0.15, 0.2) is 0 Å². The van der Waals surface area contributed by atoms with Crippen molar-refractivity contribution in [2.45, 2.75) is 25.6 Å². The smallest absolute Gasteiger partial charge is 0.390 e. The van der Waals surface area contributed by atoms with Gasteiger partial charge in [0.1, 0.15) is 5.84 Å². The number of nitrogens with zero attached hydrogens (tertiary/aromatic N) is 3. The third-order valence-electron chi connectivity index (χ3n) is 6.10. The number of amides is 4. The lowest BCUT2D eigenvalue weighted by atomic mass is 9.99. The zero-order chi connectivity index (χ0) is 29.4. The van der Waals surface area contributed by atoms with E-state index in [-0.39, 0.29) is 37.4 Å². The first kappa shape index (κ1) is 30.8. The number of benzene rings is 2.